The number of nitrogen functional groups attached to an aromatic ring is 1. The summed E-state index contributed by atoms with van der Waals surface area (Å²) in [6.45, 7) is 6.52. The van der Waals surface area contributed by atoms with Crippen LogP contribution in [0.2, 0.25) is 0 Å². The first-order valence-corrected chi connectivity index (χ1v) is 7.72. The number of aliphatic hydroxyl groups is 1. The zero-order valence-electron chi connectivity index (χ0n) is 13.2. The number of hydrogen-bond donors (Lipinski definition) is 4. The predicted molar refractivity (Wildman–Crippen MR) is 85.0 cm³/mol. The van der Waals surface area contributed by atoms with Crippen LogP contribution in [0.3, 0.4) is 0 Å². The van der Waals surface area contributed by atoms with Gasteiger partial charge in [-0.25, -0.2) is 15.8 Å². The van der Waals surface area contributed by atoms with Crippen LogP contribution in [0.15, 0.2) is 6.33 Å². The number of aromatic nitrogens is 2. The van der Waals surface area contributed by atoms with E-state index < -0.39 is 0 Å². The summed E-state index contributed by atoms with van der Waals surface area (Å²) in [7, 11) is 0. The normalized spacial score (nSPS) is 25.9. The lowest BCUT2D eigenvalue weighted by atomic mass is 9.76. The third-order valence-corrected chi connectivity index (χ3v) is 4.38. The summed E-state index contributed by atoms with van der Waals surface area (Å²) in [5, 5.41) is 13.4. The first-order chi connectivity index (χ1) is 10.0. The van der Waals surface area contributed by atoms with E-state index in [0.717, 1.165) is 30.6 Å². The minimum Gasteiger partial charge on any atom is -0.394 e. The molecular formula is C15H27N5O. The van der Waals surface area contributed by atoms with Gasteiger partial charge in [0.25, 0.3) is 0 Å². The minimum atomic E-state index is -0.290. The zero-order chi connectivity index (χ0) is 15.5. The molecule has 1 aromatic rings. The van der Waals surface area contributed by atoms with Crippen molar-refractivity contribution in [1.29, 1.82) is 0 Å². The van der Waals surface area contributed by atoms with Gasteiger partial charge in [0, 0.05) is 5.56 Å². The summed E-state index contributed by atoms with van der Waals surface area (Å²) in [5.41, 5.74) is 3.31. The smallest absolute Gasteiger partial charge is 0.148 e. The fourth-order valence-corrected chi connectivity index (χ4v) is 3.36. The second kappa shape index (κ2) is 6.58. The molecule has 1 aromatic heterocycles. The summed E-state index contributed by atoms with van der Waals surface area (Å²) in [6, 6.07) is 0. The zero-order valence-corrected chi connectivity index (χ0v) is 13.2. The Kier molecular flexibility index (Phi) is 5.00. The maximum absolute atomic E-state index is 9.93. The molecule has 0 amide bonds. The molecule has 0 saturated heterocycles. The van der Waals surface area contributed by atoms with Gasteiger partial charge in [-0.05, 0) is 24.7 Å². The third kappa shape index (κ3) is 3.44. The van der Waals surface area contributed by atoms with Gasteiger partial charge in [0.2, 0.25) is 0 Å². The topological polar surface area (TPSA) is 96.1 Å². The summed E-state index contributed by atoms with van der Waals surface area (Å²) in [4.78, 5) is 8.58. The van der Waals surface area contributed by atoms with Gasteiger partial charge < -0.3 is 15.8 Å². The Labute approximate surface area is 126 Å². The van der Waals surface area contributed by atoms with Crippen molar-refractivity contribution in [3.8, 4) is 0 Å². The van der Waals surface area contributed by atoms with E-state index in [4.69, 9.17) is 5.84 Å². The molecule has 21 heavy (non-hydrogen) atoms. The van der Waals surface area contributed by atoms with E-state index >= 15 is 0 Å². The molecule has 2 atom stereocenters. The standard InChI is InChI=1S/C15H27N5O/c1-10(2)12-13(17-9-18-14(12)20-16)19-15(8-21)6-4-5-11(3)7-15/h9-11,21H,4-8,16H2,1-3H3,(H2,17,18,19,20). The molecule has 1 aliphatic carbocycles. The lowest BCUT2D eigenvalue weighted by Crippen LogP contribution is -2.46. The van der Waals surface area contributed by atoms with Crippen molar-refractivity contribution in [1.82, 2.24) is 9.97 Å². The summed E-state index contributed by atoms with van der Waals surface area (Å²) in [5.74, 6) is 7.81. The average molecular weight is 293 g/mol. The minimum absolute atomic E-state index is 0.115. The highest BCUT2D eigenvalue weighted by molar-refractivity contribution is 5.59. The molecule has 1 saturated carbocycles. The molecule has 0 aliphatic heterocycles. The predicted octanol–water partition coefficient (Wildman–Crippen LogP) is 2.24. The van der Waals surface area contributed by atoms with E-state index in [2.05, 4.69) is 41.5 Å². The largest absolute Gasteiger partial charge is 0.394 e. The molecule has 2 rings (SSSR count). The van der Waals surface area contributed by atoms with Crippen molar-refractivity contribution in [2.75, 3.05) is 17.3 Å². The Morgan fingerprint density at radius 3 is 2.71 bits per heavy atom. The van der Waals surface area contributed by atoms with Crippen molar-refractivity contribution in [2.24, 2.45) is 11.8 Å². The second-order valence-corrected chi connectivity index (χ2v) is 6.55. The fraction of sp³-hybridized carbons (Fsp3) is 0.733. The number of nitrogens with zero attached hydrogens (tertiary/aromatic N) is 2. The highest BCUT2D eigenvalue weighted by Crippen LogP contribution is 2.37. The quantitative estimate of drug-likeness (QED) is 0.491. The van der Waals surface area contributed by atoms with Crippen LogP contribution in [0.5, 0.6) is 0 Å². The monoisotopic (exact) mass is 293 g/mol. The van der Waals surface area contributed by atoms with Crippen molar-refractivity contribution in [3.05, 3.63) is 11.9 Å². The van der Waals surface area contributed by atoms with E-state index in [1.807, 2.05) is 0 Å². The van der Waals surface area contributed by atoms with Crippen LogP contribution in [0.1, 0.15) is 57.9 Å². The lowest BCUT2D eigenvalue weighted by Gasteiger charge is -2.40. The molecule has 118 valence electrons. The molecule has 6 nitrogen and oxygen atoms in total. The lowest BCUT2D eigenvalue weighted by molar-refractivity contribution is 0.149. The van der Waals surface area contributed by atoms with Crippen LogP contribution >= 0.6 is 0 Å². The molecule has 0 bridgehead atoms. The third-order valence-electron chi connectivity index (χ3n) is 4.38. The number of nitrogens with two attached hydrogens (primary N) is 1. The Bertz CT molecular complexity index is 479. The summed E-state index contributed by atoms with van der Waals surface area (Å²) < 4.78 is 0. The first-order valence-electron chi connectivity index (χ1n) is 7.72. The molecule has 5 N–H and O–H groups in total. The number of hydrogen-bond acceptors (Lipinski definition) is 6. The fourth-order valence-electron chi connectivity index (χ4n) is 3.36. The molecule has 1 aliphatic rings. The molecule has 6 heteroatoms. The van der Waals surface area contributed by atoms with E-state index in [-0.39, 0.29) is 18.1 Å². The van der Waals surface area contributed by atoms with E-state index in [9.17, 15) is 5.11 Å². The highest BCUT2D eigenvalue weighted by atomic mass is 16.3. The molecule has 0 spiro atoms. The first kappa shape index (κ1) is 16.0. The molecular weight excluding hydrogens is 266 g/mol. The maximum Gasteiger partial charge on any atom is 0.148 e. The van der Waals surface area contributed by atoms with Gasteiger partial charge >= 0.3 is 0 Å². The Hall–Kier alpha value is -1.40. The average Bonchev–Trinajstić information content (AvgIpc) is 2.46. The van der Waals surface area contributed by atoms with Crippen molar-refractivity contribution < 1.29 is 5.11 Å². The molecule has 0 radical (unpaired) electrons. The Morgan fingerprint density at radius 2 is 2.14 bits per heavy atom. The van der Waals surface area contributed by atoms with Gasteiger partial charge in [0.05, 0.1) is 12.1 Å². The van der Waals surface area contributed by atoms with Crippen LogP contribution in [0.4, 0.5) is 11.6 Å². The van der Waals surface area contributed by atoms with E-state index in [0.29, 0.717) is 11.7 Å². The second-order valence-electron chi connectivity index (χ2n) is 6.55. The highest BCUT2D eigenvalue weighted by Gasteiger charge is 2.35. The van der Waals surface area contributed by atoms with Crippen LogP contribution in [-0.2, 0) is 0 Å². The van der Waals surface area contributed by atoms with Crippen LogP contribution in [0, 0.1) is 5.92 Å². The number of nitrogens with one attached hydrogen (secondary N) is 2. The van der Waals surface area contributed by atoms with Gasteiger partial charge in [-0.1, -0.05) is 33.6 Å². The molecule has 0 aromatic carbocycles. The van der Waals surface area contributed by atoms with E-state index in [1.54, 1.807) is 0 Å². The number of anilines is 2. The Morgan fingerprint density at radius 1 is 1.43 bits per heavy atom. The van der Waals surface area contributed by atoms with Gasteiger partial charge in [0.1, 0.15) is 18.0 Å². The van der Waals surface area contributed by atoms with Crippen molar-refractivity contribution >= 4 is 11.6 Å². The maximum atomic E-state index is 9.93. The number of rotatable bonds is 5. The van der Waals surface area contributed by atoms with Crippen LogP contribution in [0.25, 0.3) is 0 Å². The van der Waals surface area contributed by atoms with Gasteiger partial charge in [-0.3, -0.25) is 0 Å². The summed E-state index contributed by atoms with van der Waals surface area (Å²) in [6.07, 6.45) is 5.76. The van der Waals surface area contributed by atoms with Gasteiger partial charge in [-0.15, -0.1) is 0 Å². The summed E-state index contributed by atoms with van der Waals surface area (Å²) >= 11 is 0. The molecule has 1 heterocycles. The van der Waals surface area contributed by atoms with Crippen LogP contribution < -0.4 is 16.6 Å². The van der Waals surface area contributed by atoms with Crippen LogP contribution in [-0.4, -0.2) is 27.2 Å². The number of aliphatic hydroxyl groups excluding tert-OH is 1. The van der Waals surface area contributed by atoms with Gasteiger partial charge in [-0.2, -0.15) is 0 Å². The SMILES string of the molecule is CC1CCCC(CO)(Nc2ncnc(NN)c2C(C)C)C1. The Balaban J connectivity index is 2.33. The molecule has 2 unspecified atom stereocenters. The van der Waals surface area contributed by atoms with Gasteiger partial charge in [0.15, 0.2) is 0 Å². The number of hydrazine groups is 1. The molecule has 1 fully saturated rings. The van der Waals surface area contributed by atoms with Crippen molar-refractivity contribution in [3.63, 3.8) is 0 Å². The van der Waals surface area contributed by atoms with Crippen molar-refractivity contribution in [2.45, 2.75) is 57.9 Å². The van der Waals surface area contributed by atoms with E-state index in [1.165, 1.54) is 12.7 Å².